The minimum atomic E-state index is -0.409. The molecule has 5 atom stereocenters. The molecule has 1 aromatic rings. The average molecular weight is 323 g/mol. The molecule has 0 radical (unpaired) electrons. The molecule has 1 spiro atoms. The van der Waals surface area contributed by atoms with Crippen LogP contribution in [0.2, 0.25) is 0 Å². The van der Waals surface area contributed by atoms with Gasteiger partial charge in [0.05, 0.1) is 17.5 Å². The quantitative estimate of drug-likeness (QED) is 0.747. The topological polar surface area (TPSA) is 54.5 Å². The van der Waals surface area contributed by atoms with Crippen LogP contribution in [0.3, 0.4) is 0 Å². The number of rotatable bonds is 1. The van der Waals surface area contributed by atoms with E-state index >= 15 is 0 Å². The van der Waals surface area contributed by atoms with E-state index in [4.69, 9.17) is 0 Å². The summed E-state index contributed by atoms with van der Waals surface area (Å²) < 4.78 is 0. The summed E-state index contributed by atoms with van der Waals surface area (Å²) >= 11 is 0. The Hall–Kier alpha value is -1.97. The molecule has 5 aliphatic rings. The number of carbonyl (C=O) groups excluding carboxylic acids is 3. The lowest BCUT2D eigenvalue weighted by Crippen LogP contribution is -2.59. The lowest BCUT2D eigenvalue weighted by molar-refractivity contribution is -0.166. The molecular formula is C20H21NO3. The van der Waals surface area contributed by atoms with Crippen LogP contribution in [0.1, 0.15) is 38.5 Å². The second-order valence-corrected chi connectivity index (χ2v) is 8.01. The Morgan fingerprint density at radius 1 is 1.00 bits per heavy atom. The molecule has 24 heavy (non-hydrogen) atoms. The molecule has 124 valence electrons. The molecule has 2 amide bonds. The first kappa shape index (κ1) is 14.4. The maximum Gasteiger partial charge on any atom is 0.238 e. The standard InChI is InChI=1S/C20H21NO3/c22-15-11-20-9-5-4-6-12(20)10-14(15)16-17(20)19(24)21(18(16)23)13-7-2-1-3-8-13/h1-3,7-8,12,14,16-17H,4-6,9-11H2/t12-,14-,16+,17-,20-/m0/s1. The van der Waals surface area contributed by atoms with Gasteiger partial charge < -0.3 is 0 Å². The fourth-order valence-electron chi connectivity index (χ4n) is 6.21. The van der Waals surface area contributed by atoms with E-state index in [-0.39, 0.29) is 34.8 Å². The molecule has 1 heterocycles. The van der Waals surface area contributed by atoms with Gasteiger partial charge in [-0.3, -0.25) is 19.3 Å². The van der Waals surface area contributed by atoms with Gasteiger partial charge in [0.15, 0.2) is 0 Å². The normalized spacial score (nSPS) is 40.7. The first-order chi connectivity index (χ1) is 11.6. The lowest BCUT2D eigenvalue weighted by Gasteiger charge is -2.58. The third-order valence-corrected chi connectivity index (χ3v) is 7.13. The predicted molar refractivity (Wildman–Crippen MR) is 88.0 cm³/mol. The molecular weight excluding hydrogens is 302 g/mol. The molecule has 1 saturated heterocycles. The zero-order valence-electron chi connectivity index (χ0n) is 13.6. The summed E-state index contributed by atoms with van der Waals surface area (Å²) in [5, 5.41) is 0. The molecule has 0 N–H and O–H groups in total. The van der Waals surface area contributed by atoms with E-state index < -0.39 is 5.92 Å². The third kappa shape index (κ3) is 1.61. The van der Waals surface area contributed by atoms with Crippen molar-refractivity contribution in [2.24, 2.45) is 29.1 Å². The summed E-state index contributed by atoms with van der Waals surface area (Å²) in [4.78, 5) is 40.4. The van der Waals surface area contributed by atoms with Crippen LogP contribution in [0, 0.1) is 29.1 Å². The third-order valence-electron chi connectivity index (χ3n) is 7.13. The number of amides is 2. The fraction of sp³-hybridized carbons (Fsp3) is 0.550. The number of Topliss-reactive ketones (excluding diaryl/α,β-unsaturated/α-hetero) is 1. The highest BCUT2D eigenvalue weighted by Crippen LogP contribution is 2.65. The van der Waals surface area contributed by atoms with Crippen molar-refractivity contribution in [3.05, 3.63) is 30.3 Å². The monoisotopic (exact) mass is 323 g/mol. The van der Waals surface area contributed by atoms with E-state index in [2.05, 4.69) is 0 Å². The van der Waals surface area contributed by atoms with E-state index in [1.165, 1.54) is 11.3 Å². The van der Waals surface area contributed by atoms with Crippen molar-refractivity contribution in [2.45, 2.75) is 38.5 Å². The largest absolute Gasteiger partial charge is 0.299 e. The number of fused-ring (bicyclic) bond motifs is 1. The van der Waals surface area contributed by atoms with Crippen molar-refractivity contribution < 1.29 is 14.4 Å². The first-order valence-corrected chi connectivity index (χ1v) is 9.09. The van der Waals surface area contributed by atoms with Crippen molar-refractivity contribution in [1.29, 1.82) is 0 Å². The van der Waals surface area contributed by atoms with E-state index in [0.29, 0.717) is 18.0 Å². The number of nitrogens with zero attached hydrogens (tertiary/aromatic N) is 1. The SMILES string of the molecule is O=C1C[C@@]23CCCC[C@H]2C[C@@H]1[C@H]1C(=O)N(c2ccccc2)C(=O)[C@H]13. The second kappa shape index (κ2) is 4.78. The molecule has 2 bridgehead atoms. The number of hydrogen-bond donors (Lipinski definition) is 0. The molecule has 1 aliphatic heterocycles. The minimum Gasteiger partial charge on any atom is -0.299 e. The van der Waals surface area contributed by atoms with Gasteiger partial charge in [-0.05, 0) is 42.7 Å². The van der Waals surface area contributed by atoms with Gasteiger partial charge in [-0.25, -0.2) is 0 Å². The zero-order valence-corrected chi connectivity index (χ0v) is 13.6. The first-order valence-electron chi connectivity index (χ1n) is 9.09. The second-order valence-electron chi connectivity index (χ2n) is 8.01. The summed E-state index contributed by atoms with van der Waals surface area (Å²) in [5.74, 6) is -0.434. The Kier molecular flexibility index (Phi) is 2.86. The van der Waals surface area contributed by atoms with E-state index in [1.54, 1.807) is 0 Å². The van der Waals surface area contributed by atoms with Gasteiger partial charge >= 0.3 is 0 Å². The molecule has 0 unspecified atom stereocenters. The van der Waals surface area contributed by atoms with Crippen LogP contribution in [0.25, 0.3) is 0 Å². The van der Waals surface area contributed by atoms with Crippen LogP contribution < -0.4 is 4.90 Å². The Morgan fingerprint density at radius 2 is 1.79 bits per heavy atom. The van der Waals surface area contributed by atoms with Crippen LogP contribution in [-0.2, 0) is 14.4 Å². The van der Waals surface area contributed by atoms with Crippen molar-refractivity contribution in [1.82, 2.24) is 0 Å². The molecule has 1 aromatic carbocycles. The highest BCUT2D eigenvalue weighted by molar-refractivity contribution is 6.24. The van der Waals surface area contributed by atoms with E-state index in [9.17, 15) is 14.4 Å². The highest BCUT2D eigenvalue weighted by atomic mass is 16.2. The number of carbonyl (C=O) groups is 3. The molecule has 4 heteroatoms. The predicted octanol–water partition coefficient (Wildman–Crippen LogP) is 2.96. The molecule has 4 nitrogen and oxygen atoms in total. The van der Waals surface area contributed by atoms with Crippen LogP contribution in [0.5, 0.6) is 0 Å². The van der Waals surface area contributed by atoms with Gasteiger partial charge in [0.2, 0.25) is 11.8 Å². The highest BCUT2D eigenvalue weighted by Gasteiger charge is 2.69. The summed E-state index contributed by atoms with van der Waals surface area (Å²) in [7, 11) is 0. The Morgan fingerprint density at radius 3 is 2.58 bits per heavy atom. The number of benzene rings is 1. The summed E-state index contributed by atoms with van der Waals surface area (Å²) in [5.41, 5.74) is 0.405. The van der Waals surface area contributed by atoms with Crippen molar-refractivity contribution in [2.75, 3.05) is 4.90 Å². The maximum atomic E-state index is 13.3. The summed E-state index contributed by atoms with van der Waals surface area (Å²) in [6.07, 6.45) is 5.64. The number of hydrogen-bond acceptors (Lipinski definition) is 3. The summed E-state index contributed by atoms with van der Waals surface area (Å²) in [6.45, 7) is 0. The molecule has 5 fully saturated rings. The Balaban J connectivity index is 1.63. The fourth-order valence-corrected chi connectivity index (χ4v) is 6.21. The van der Waals surface area contributed by atoms with Gasteiger partial charge in [0.25, 0.3) is 0 Å². The smallest absolute Gasteiger partial charge is 0.238 e. The Labute approximate surface area is 141 Å². The average Bonchev–Trinajstić information content (AvgIpc) is 2.87. The number of para-hydroxylation sites is 1. The van der Waals surface area contributed by atoms with Gasteiger partial charge in [-0.15, -0.1) is 0 Å². The van der Waals surface area contributed by atoms with Crippen LogP contribution in [0.15, 0.2) is 30.3 Å². The van der Waals surface area contributed by atoms with E-state index in [1.807, 2.05) is 30.3 Å². The van der Waals surface area contributed by atoms with Gasteiger partial charge in [-0.1, -0.05) is 31.0 Å². The zero-order chi connectivity index (χ0) is 16.5. The Bertz CT molecular complexity index is 743. The van der Waals surface area contributed by atoms with Crippen LogP contribution in [0.4, 0.5) is 5.69 Å². The maximum absolute atomic E-state index is 13.3. The minimum absolute atomic E-state index is 0.0553. The number of imide groups is 1. The van der Waals surface area contributed by atoms with Crippen LogP contribution >= 0.6 is 0 Å². The van der Waals surface area contributed by atoms with Crippen LogP contribution in [-0.4, -0.2) is 17.6 Å². The summed E-state index contributed by atoms with van der Waals surface area (Å²) in [6, 6.07) is 9.20. The van der Waals surface area contributed by atoms with Gasteiger partial charge in [0, 0.05) is 12.3 Å². The van der Waals surface area contributed by atoms with Crippen molar-refractivity contribution in [3.8, 4) is 0 Å². The van der Waals surface area contributed by atoms with Crippen molar-refractivity contribution >= 4 is 23.3 Å². The molecule has 4 aliphatic carbocycles. The van der Waals surface area contributed by atoms with Crippen molar-refractivity contribution in [3.63, 3.8) is 0 Å². The van der Waals surface area contributed by atoms with E-state index in [0.717, 1.165) is 25.7 Å². The molecule has 4 saturated carbocycles. The molecule has 6 rings (SSSR count). The lowest BCUT2D eigenvalue weighted by atomic mass is 9.43. The van der Waals surface area contributed by atoms with Gasteiger partial charge in [0.1, 0.15) is 5.78 Å². The number of ketones is 1. The number of anilines is 1. The van der Waals surface area contributed by atoms with Gasteiger partial charge in [-0.2, -0.15) is 0 Å². The molecule has 0 aromatic heterocycles.